The molecule has 3 aliphatic rings. The monoisotopic (exact) mass is 418 g/mol. The Hall–Kier alpha value is -0.930. The molecule has 0 radical (unpaired) electrons. The van der Waals surface area contributed by atoms with Gasteiger partial charge in [-0.2, -0.15) is 0 Å². The summed E-state index contributed by atoms with van der Waals surface area (Å²) in [6.45, 7) is 9.63. The van der Waals surface area contributed by atoms with Crippen LogP contribution in [0.2, 0.25) is 0 Å². The highest BCUT2D eigenvalue weighted by atomic mass is 19.1. The molecule has 0 amide bonds. The zero-order chi connectivity index (χ0) is 21.9. The fourth-order valence-electron chi connectivity index (χ4n) is 6.83. The van der Waals surface area contributed by atoms with Crippen LogP contribution in [-0.4, -0.2) is 22.4 Å². The van der Waals surface area contributed by atoms with Crippen molar-refractivity contribution in [2.75, 3.05) is 0 Å². The fraction of sp³-hybridized carbons (Fsp3) is 0.778. The first-order valence-electron chi connectivity index (χ1n) is 12.3. The molecule has 0 aromatic carbocycles. The number of rotatable bonds is 6. The van der Waals surface area contributed by atoms with Gasteiger partial charge in [0.2, 0.25) is 0 Å². The molecular formula is C27H43FO2. The Kier molecular flexibility index (Phi) is 8.01. The Morgan fingerprint density at radius 2 is 1.90 bits per heavy atom. The van der Waals surface area contributed by atoms with Crippen LogP contribution in [0.1, 0.15) is 91.9 Å². The van der Waals surface area contributed by atoms with Gasteiger partial charge in [0, 0.05) is 12.0 Å². The highest BCUT2D eigenvalue weighted by molar-refractivity contribution is 5.39. The van der Waals surface area contributed by atoms with Gasteiger partial charge in [-0.1, -0.05) is 64.7 Å². The van der Waals surface area contributed by atoms with E-state index < -0.39 is 12.2 Å². The Bertz CT molecular complexity index is 676. The molecule has 0 heterocycles. The normalized spacial score (nSPS) is 39.8. The van der Waals surface area contributed by atoms with Crippen LogP contribution in [0.3, 0.4) is 0 Å². The molecule has 3 aliphatic carbocycles. The smallest absolute Gasteiger partial charge is 0.0927 e. The zero-order valence-electron chi connectivity index (χ0n) is 19.5. The summed E-state index contributed by atoms with van der Waals surface area (Å²) in [6.07, 6.45) is 14.1. The van der Waals surface area contributed by atoms with Gasteiger partial charge in [-0.3, -0.25) is 0 Å². The summed E-state index contributed by atoms with van der Waals surface area (Å²) in [5, 5.41) is 20.1. The molecule has 2 N–H and O–H groups in total. The molecule has 3 heteroatoms. The van der Waals surface area contributed by atoms with Crippen molar-refractivity contribution in [1.82, 2.24) is 0 Å². The lowest BCUT2D eigenvalue weighted by molar-refractivity contribution is 0.0850. The molecule has 2 nitrogen and oxygen atoms in total. The first-order valence-corrected chi connectivity index (χ1v) is 12.3. The van der Waals surface area contributed by atoms with E-state index in [1.165, 1.54) is 50.5 Å². The maximum absolute atomic E-state index is 13.4. The predicted octanol–water partition coefficient (Wildman–Crippen LogP) is 6.89. The van der Waals surface area contributed by atoms with Crippen molar-refractivity contribution >= 4 is 0 Å². The largest absolute Gasteiger partial charge is 0.393 e. The number of aliphatic hydroxyl groups excluding tert-OH is 2. The van der Waals surface area contributed by atoms with Crippen molar-refractivity contribution < 1.29 is 14.6 Å². The number of allylic oxidation sites excluding steroid dienone is 3. The van der Waals surface area contributed by atoms with Gasteiger partial charge in [0.15, 0.2) is 0 Å². The van der Waals surface area contributed by atoms with Crippen LogP contribution in [0.5, 0.6) is 0 Å². The van der Waals surface area contributed by atoms with Crippen LogP contribution in [0.4, 0.5) is 4.39 Å². The second-order valence-corrected chi connectivity index (χ2v) is 11.0. The lowest BCUT2D eigenvalue weighted by Crippen LogP contribution is -2.36. The third-order valence-electron chi connectivity index (χ3n) is 8.46. The molecule has 0 spiro atoms. The van der Waals surface area contributed by atoms with E-state index in [9.17, 15) is 14.6 Å². The summed E-state index contributed by atoms with van der Waals surface area (Å²) in [5.41, 5.74) is 2.98. The van der Waals surface area contributed by atoms with Gasteiger partial charge < -0.3 is 10.2 Å². The first kappa shape index (κ1) is 23.7. The molecule has 0 aromatic rings. The van der Waals surface area contributed by atoms with Crippen molar-refractivity contribution in [3.8, 4) is 0 Å². The Labute approximate surface area is 183 Å². The summed E-state index contributed by atoms with van der Waals surface area (Å²) in [6, 6.07) is 0. The molecule has 0 saturated heterocycles. The Balaban J connectivity index is 1.74. The van der Waals surface area contributed by atoms with Crippen LogP contribution < -0.4 is 0 Å². The van der Waals surface area contributed by atoms with Crippen molar-refractivity contribution in [3.05, 3.63) is 35.2 Å². The molecule has 3 rings (SSSR count). The minimum Gasteiger partial charge on any atom is -0.393 e. The molecule has 0 aliphatic heterocycles. The minimum atomic E-state index is -0.900. The number of halogens is 1. The SMILES string of the molecule is CC(C)CCC[C@@H](C)[C@H]1CC[C@H]2/C(=C/C=C3\C[C@@H](O)C[C@H](O)\C3=C/F)CCC[C@]12C. The van der Waals surface area contributed by atoms with E-state index in [1.807, 2.05) is 6.08 Å². The van der Waals surface area contributed by atoms with Crippen molar-refractivity contribution in [2.24, 2.45) is 29.1 Å². The van der Waals surface area contributed by atoms with Crippen LogP contribution in [0, 0.1) is 29.1 Å². The Morgan fingerprint density at radius 1 is 1.13 bits per heavy atom. The lowest BCUT2D eigenvalue weighted by Gasteiger charge is -2.44. The van der Waals surface area contributed by atoms with Crippen molar-refractivity contribution in [1.29, 1.82) is 0 Å². The van der Waals surface area contributed by atoms with E-state index >= 15 is 0 Å². The zero-order valence-corrected chi connectivity index (χ0v) is 19.5. The van der Waals surface area contributed by atoms with E-state index in [2.05, 4.69) is 33.8 Å². The fourth-order valence-corrected chi connectivity index (χ4v) is 6.83. The first-order chi connectivity index (χ1) is 14.3. The van der Waals surface area contributed by atoms with Crippen LogP contribution in [0.15, 0.2) is 35.2 Å². The minimum absolute atomic E-state index is 0.223. The maximum Gasteiger partial charge on any atom is 0.0927 e. The molecule has 170 valence electrons. The quantitative estimate of drug-likeness (QED) is 0.493. The van der Waals surface area contributed by atoms with Crippen molar-refractivity contribution in [3.63, 3.8) is 0 Å². The number of hydrogen-bond acceptors (Lipinski definition) is 2. The number of hydrogen-bond donors (Lipinski definition) is 2. The molecule has 3 saturated carbocycles. The third-order valence-corrected chi connectivity index (χ3v) is 8.46. The standard InChI is InChI=1S/C27H43FO2/c1-18(2)7-5-8-19(3)24-12-13-25-20(9-6-14-27(24,25)4)10-11-21-15-22(29)16-26(30)23(21)17-28/h10-11,17-19,22,24-26,29-30H,5-9,12-16H2,1-4H3/b20-10+,21-11+,23-17-/t19-,22-,24-,25+,26+,27-/m1/s1. The van der Waals surface area contributed by atoms with Crippen LogP contribution in [0.25, 0.3) is 0 Å². The third kappa shape index (κ3) is 5.10. The highest BCUT2D eigenvalue weighted by Crippen LogP contribution is 2.60. The van der Waals surface area contributed by atoms with Crippen molar-refractivity contribution in [2.45, 2.75) is 104 Å². The molecule has 0 unspecified atom stereocenters. The summed E-state index contributed by atoms with van der Waals surface area (Å²) in [5.74, 6) is 2.99. The second-order valence-electron chi connectivity index (χ2n) is 11.0. The Morgan fingerprint density at radius 3 is 2.60 bits per heavy atom. The summed E-state index contributed by atoms with van der Waals surface area (Å²) >= 11 is 0. The van der Waals surface area contributed by atoms with Gasteiger partial charge in [-0.15, -0.1) is 0 Å². The second kappa shape index (κ2) is 10.1. The molecular weight excluding hydrogens is 375 g/mol. The van der Waals surface area contributed by atoms with Gasteiger partial charge in [0.05, 0.1) is 18.5 Å². The van der Waals surface area contributed by atoms with E-state index in [1.54, 1.807) is 0 Å². The summed E-state index contributed by atoms with van der Waals surface area (Å²) in [7, 11) is 0. The highest BCUT2D eigenvalue weighted by Gasteiger charge is 2.50. The van der Waals surface area contributed by atoms with Gasteiger partial charge in [-0.25, -0.2) is 4.39 Å². The summed E-state index contributed by atoms with van der Waals surface area (Å²) < 4.78 is 13.4. The van der Waals surface area contributed by atoms with Crippen LogP contribution in [-0.2, 0) is 0 Å². The number of aliphatic hydroxyl groups is 2. The molecule has 0 bridgehead atoms. The predicted molar refractivity (Wildman–Crippen MR) is 123 cm³/mol. The summed E-state index contributed by atoms with van der Waals surface area (Å²) in [4.78, 5) is 0. The van der Waals surface area contributed by atoms with Gasteiger partial charge in [0.25, 0.3) is 0 Å². The van der Waals surface area contributed by atoms with Gasteiger partial charge in [-0.05, 0) is 73.2 Å². The molecule has 3 fully saturated rings. The molecule has 6 atom stereocenters. The molecule has 0 aromatic heterocycles. The van der Waals surface area contributed by atoms with Gasteiger partial charge >= 0.3 is 0 Å². The lowest BCUT2D eigenvalue weighted by atomic mass is 9.60. The maximum atomic E-state index is 13.4. The average molecular weight is 419 g/mol. The van der Waals surface area contributed by atoms with E-state index in [4.69, 9.17) is 0 Å². The average Bonchev–Trinajstić information content (AvgIpc) is 3.03. The van der Waals surface area contributed by atoms with Gasteiger partial charge in [0.1, 0.15) is 0 Å². The topological polar surface area (TPSA) is 40.5 Å². The van der Waals surface area contributed by atoms with E-state index in [-0.39, 0.29) is 6.42 Å². The van der Waals surface area contributed by atoms with E-state index in [0.29, 0.717) is 29.7 Å². The number of fused-ring (bicyclic) bond motifs is 1. The van der Waals surface area contributed by atoms with E-state index in [0.717, 1.165) is 29.7 Å². The van der Waals surface area contributed by atoms with Crippen LogP contribution >= 0.6 is 0 Å². The molecule has 30 heavy (non-hydrogen) atoms.